The molecule has 0 aliphatic carbocycles. The van der Waals surface area contributed by atoms with Crippen LogP contribution in [0.5, 0.6) is 0 Å². The van der Waals surface area contributed by atoms with Crippen LogP contribution in [0.15, 0.2) is 41.4 Å². The number of carbonyl (C=O) groups is 3. The van der Waals surface area contributed by atoms with Gasteiger partial charge in [0.25, 0.3) is 5.91 Å². The van der Waals surface area contributed by atoms with E-state index in [4.69, 9.17) is 27.9 Å². The van der Waals surface area contributed by atoms with Gasteiger partial charge in [0.1, 0.15) is 6.54 Å². The Morgan fingerprint density at radius 1 is 1.00 bits per heavy atom. The van der Waals surface area contributed by atoms with Crippen molar-refractivity contribution in [3.05, 3.63) is 62.4 Å². The van der Waals surface area contributed by atoms with E-state index in [2.05, 4.69) is 9.73 Å². The first-order valence-corrected chi connectivity index (χ1v) is 9.74. The molecule has 0 atom stereocenters. The summed E-state index contributed by atoms with van der Waals surface area (Å²) < 4.78 is 11.6. The Kier molecular flexibility index (Phi) is 6.36. The molecule has 3 aromatic rings. The van der Waals surface area contributed by atoms with Crippen molar-refractivity contribution in [1.29, 1.82) is 0 Å². The number of hydrogen-bond donors (Lipinski definition) is 0. The number of methoxy groups -OCH3 is 2. The Balaban J connectivity index is 2.10. The zero-order valence-corrected chi connectivity index (χ0v) is 17.6. The maximum atomic E-state index is 12.6. The van der Waals surface area contributed by atoms with Crippen molar-refractivity contribution in [3.8, 4) is 0 Å². The summed E-state index contributed by atoms with van der Waals surface area (Å²) in [7, 11) is 2.53. The number of hydrogen-bond acceptors (Lipinski definition) is 6. The molecule has 2 aromatic carbocycles. The molecule has 29 heavy (non-hydrogen) atoms. The zero-order valence-electron chi connectivity index (χ0n) is 15.3. The van der Waals surface area contributed by atoms with Gasteiger partial charge in [0.2, 0.25) is 0 Å². The molecule has 1 heterocycles. The fourth-order valence-corrected chi connectivity index (χ4v) is 4.06. The Morgan fingerprint density at radius 2 is 1.66 bits per heavy atom. The van der Waals surface area contributed by atoms with Crippen LogP contribution in [-0.2, 0) is 20.8 Å². The van der Waals surface area contributed by atoms with Crippen LogP contribution in [0.3, 0.4) is 0 Å². The molecule has 3 rings (SSSR count). The van der Waals surface area contributed by atoms with Gasteiger partial charge in [-0.05, 0) is 36.4 Å². The van der Waals surface area contributed by atoms with Crippen LogP contribution in [0, 0.1) is 0 Å². The van der Waals surface area contributed by atoms with Gasteiger partial charge in [-0.1, -0.05) is 34.5 Å². The van der Waals surface area contributed by atoms with Crippen LogP contribution in [0.4, 0.5) is 0 Å². The maximum absolute atomic E-state index is 12.6. The molecule has 0 aliphatic rings. The van der Waals surface area contributed by atoms with Gasteiger partial charge < -0.3 is 14.0 Å². The van der Waals surface area contributed by atoms with Crippen LogP contribution in [0.1, 0.15) is 20.7 Å². The third-order valence-electron chi connectivity index (χ3n) is 4.00. The number of esters is 2. The van der Waals surface area contributed by atoms with Crippen molar-refractivity contribution in [3.63, 3.8) is 0 Å². The highest BCUT2D eigenvalue weighted by molar-refractivity contribution is 7.16. The predicted molar refractivity (Wildman–Crippen MR) is 110 cm³/mol. The highest BCUT2D eigenvalue weighted by atomic mass is 35.5. The lowest BCUT2D eigenvalue weighted by atomic mass is 10.1. The SMILES string of the molecule is COC(=O)Cn1c(=NC(=O)c2ccc(C(=O)OC)cc2)sc2ccc(Cl)c(Cl)c21. The number of halogens is 2. The van der Waals surface area contributed by atoms with Crippen molar-refractivity contribution in [2.75, 3.05) is 14.2 Å². The second-order valence-corrected chi connectivity index (χ2v) is 7.54. The number of benzene rings is 2. The first-order chi connectivity index (χ1) is 13.8. The molecule has 0 fully saturated rings. The summed E-state index contributed by atoms with van der Waals surface area (Å²) in [6.07, 6.45) is 0. The third kappa shape index (κ3) is 4.34. The van der Waals surface area contributed by atoms with E-state index in [1.807, 2.05) is 0 Å². The lowest BCUT2D eigenvalue weighted by Gasteiger charge is -2.06. The molecule has 0 aliphatic heterocycles. The molecule has 0 unspecified atom stereocenters. The van der Waals surface area contributed by atoms with Crippen molar-refractivity contribution in [2.24, 2.45) is 4.99 Å². The van der Waals surface area contributed by atoms with E-state index in [0.717, 1.165) is 0 Å². The number of rotatable bonds is 4. The summed E-state index contributed by atoms with van der Waals surface area (Å²) in [6.45, 7) is -0.191. The monoisotopic (exact) mass is 452 g/mol. The molecular weight excluding hydrogens is 439 g/mol. The van der Waals surface area contributed by atoms with E-state index in [9.17, 15) is 14.4 Å². The lowest BCUT2D eigenvalue weighted by Crippen LogP contribution is -2.22. The molecule has 1 amide bonds. The number of fused-ring (bicyclic) bond motifs is 1. The number of amides is 1. The van der Waals surface area contributed by atoms with Gasteiger partial charge in [-0.2, -0.15) is 4.99 Å². The Morgan fingerprint density at radius 3 is 2.28 bits per heavy atom. The second kappa shape index (κ2) is 8.77. The van der Waals surface area contributed by atoms with Crippen LogP contribution < -0.4 is 4.80 Å². The molecule has 7 nitrogen and oxygen atoms in total. The Labute approximate surface area is 179 Å². The van der Waals surface area contributed by atoms with Crippen LogP contribution in [0.2, 0.25) is 10.0 Å². The van der Waals surface area contributed by atoms with E-state index in [-0.39, 0.29) is 21.9 Å². The van der Waals surface area contributed by atoms with Gasteiger partial charge in [-0.3, -0.25) is 9.59 Å². The minimum Gasteiger partial charge on any atom is -0.468 e. The number of aromatic nitrogens is 1. The van der Waals surface area contributed by atoms with Gasteiger partial charge in [0.15, 0.2) is 4.80 Å². The largest absolute Gasteiger partial charge is 0.468 e. The van der Waals surface area contributed by atoms with Gasteiger partial charge in [-0.15, -0.1) is 0 Å². The van der Waals surface area contributed by atoms with E-state index in [1.54, 1.807) is 12.1 Å². The molecular formula is C19H14Cl2N2O5S. The van der Waals surface area contributed by atoms with Crippen LogP contribution in [0.25, 0.3) is 10.2 Å². The summed E-state index contributed by atoms with van der Waals surface area (Å²) in [6, 6.07) is 9.25. The molecule has 1 aromatic heterocycles. The first-order valence-electron chi connectivity index (χ1n) is 8.17. The predicted octanol–water partition coefficient (Wildman–Crippen LogP) is 3.71. The van der Waals surface area contributed by atoms with Crippen molar-refractivity contribution >= 4 is 62.6 Å². The Bertz CT molecular complexity index is 1180. The first kappa shape index (κ1) is 21.0. The molecule has 0 radical (unpaired) electrons. The summed E-state index contributed by atoms with van der Waals surface area (Å²) in [5.41, 5.74) is 1.07. The topological polar surface area (TPSA) is 87.0 Å². The fourth-order valence-electron chi connectivity index (χ4n) is 2.55. The summed E-state index contributed by atoms with van der Waals surface area (Å²) in [5.74, 6) is -1.58. The minimum atomic E-state index is -0.547. The quantitative estimate of drug-likeness (QED) is 0.563. The number of nitrogens with zero attached hydrogens (tertiary/aromatic N) is 2. The summed E-state index contributed by atoms with van der Waals surface area (Å²) in [4.78, 5) is 40.4. The van der Waals surface area contributed by atoms with Crippen molar-refractivity contribution < 1.29 is 23.9 Å². The minimum absolute atomic E-state index is 0.191. The van der Waals surface area contributed by atoms with Crippen LogP contribution >= 0.6 is 34.5 Å². The van der Waals surface area contributed by atoms with E-state index < -0.39 is 17.8 Å². The fraction of sp³-hybridized carbons (Fsp3) is 0.158. The highest BCUT2D eigenvalue weighted by Gasteiger charge is 2.16. The lowest BCUT2D eigenvalue weighted by molar-refractivity contribution is -0.141. The normalized spacial score (nSPS) is 11.5. The summed E-state index contributed by atoms with van der Waals surface area (Å²) in [5, 5.41) is 0.563. The van der Waals surface area contributed by atoms with Gasteiger partial charge in [0.05, 0.1) is 40.0 Å². The standard InChI is InChI=1S/C19H14Cl2N2O5S/c1-27-14(24)9-23-16-13(8-7-12(20)15(16)21)29-19(23)22-17(25)10-3-5-11(6-4-10)18(26)28-2/h3-8H,9H2,1-2H3. The number of ether oxygens (including phenoxy) is 2. The molecule has 0 N–H and O–H groups in total. The number of thiazole rings is 1. The van der Waals surface area contributed by atoms with Crippen LogP contribution in [-0.4, -0.2) is 36.6 Å². The molecule has 10 heteroatoms. The van der Waals surface area contributed by atoms with E-state index in [0.29, 0.717) is 20.8 Å². The Hall–Kier alpha value is -2.68. The molecule has 0 spiro atoms. The average molecular weight is 453 g/mol. The van der Waals surface area contributed by atoms with E-state index in [1.165, 1.54) is 54.4 Å². The molecule has 0 saturated carbocycles. The second-order valence-electron chi connectivity index (χ2n) is 5.74. The van der Waals surface area contributed by atoms with Crippen molar-refractivity contribution in [1.82, 2.24) is 4.57 Å². The zero-order chi connectivity index (χ0) is 21.1. The van der Waals surface area contributed by atoms with Crippen molar-refractivity contribution in [2.45, 2.75) is 6.54 Å². The maximum Gasteiger partial charge on any atom is 0.337 e. The van der Waals surface area contributed by atoms with Gasteiger partial charge in [-0.25, -0.2) is 4.79 Å². The van der Waals surface area contributed by atoms with Gasteiger partial charge in [0, 0.05) is 5.56 Å². The third-order valence-corrected chi connectivity index (χ3v) is 5.84. The molecule has 0 saturated heterocycles. The molecule has 150 valence electrons. The molecule has 0 bridgehead atoms. The van der Waals surface area contributed by atoms with E-state index >= 15 is 0 Å². The number of carbonyl (C=O) groups excluding carboxylic acids is 3. The average Bonchev–Trinajstić information content (AvgIpc) is 3.07. The smallest absolute Gasteiger partial charge is 0.337 e. The highest BCUT2D eigenvalue weighted by Crippen LogP contribution is 2.32. The summed E-state index contributed by atoms with van der Waals surface area (Å²) >= 11 is 13.6. The van der Waals surface area contributed by atoms with Gasteiger partial charge >= 0.3 is 11.9 Å².